The van der Waals surface area contributed by atoms with Gasteiger partial charge in [-0.3, -0.25) is 9.63 Å². The van der Waals surface area contributed by atoms with Gasteiger partial charge in [0.2, 0.25) is 0 Å². The second-order valence-electron chi connectivity index (χ2n) is 8.61. The number of halogens is 2. The predicted molar refractivity (Wildman–Crippen MR) is 127 cm³/mol. The molecule has 6 heteroatoms. The van der Waals surface area contributed by atoms with Gasteiger partial charge in [-0.25, -0.2) is 5.06 Å². The zero-order valence-corrected chi connectivity index (χ0v) is 19.3. The second-order valence-corrected chi connectivity index (χ2v) is 8.61. The van der Waals surface area contributed by atoms with Crippen LogP contribution in [-0.2, 0) is 26.8 Å². The van der Waals surface area contributed by atoms with Crippen LogP contribution < -0.4 is 0 Å². The Morgan fingerprint density at radius 1 is 1.03 bits per heavy atom. The minimum absolute atomic E-state index is 0.0109. The number of nitrogens with zero attached hydrogens (tertiary/aromatic N) is 1. The number of fused-ring (bicyclic) bond motifs is 3. The van der Waals surface area contributed by atoms with Gasteiger partial charge in [-0.2, -0.15) is 8.78 Å². The van der Waals surface area contributed by atoms with E-state index in [0.717, 1.165) is 17.4 Å². The van der Waals surface area contributed by atoms with Gasteiger partial charge >= 0.3 is 0 Å². The van der Waals surface area contributed by atoms with Crippen molar-refractivity contribution in [3.8, 4) is 11.1 Å². The van der Waals surface area contributed by atoms with Crippen LogP contribution in [0.4, 0.5) is 8.78 Å². The molecule has 0 aliphatic heterocycles. The summed E-state index contributed by atoms with van der Waals surface area (Å²) in [5, 5.41) is 1.30. The molecule has 0 saturated heterocycles. The molecule has 1 amide bonds. The fourth-order valence-corrected chi connectivity index (χ4v) is 4.74. The smallest absolute Gasteiger partial charge is 0.299 e. The molecule has 3 aromatic carbocycles. The fraction of sp³-hybridized carbons (Fsp3) is 0.286. The lowest BCUT2D eigenvalue weighted by atomic mass is 9.90. The summed E-state index contributed by atoms with van der Waals surface area (Å²) in [6.45, 7) is 2.29. The standard InChI is InChI=1S/C28H27F2NO3/c1-19-8-3-4-10-22(19)21(9-7-15-32)18-31(34-2)27(33)17-20-13-14-26-24(16-20)23-11-5-6-12-25(23)28(26,29)30/h3-6,8,10-16,21H,7,9,17-18H2,1-2H3. The summed E-state index contributed by atoms with van der Waals surface area (Å²) >= 11 is 0. The number of hydrogen-bond donors (Lipinski definition) is 0. The van der Waals surface area contributed by atoms with Gasteiger partial charge in [0.1, 0.15) is 6.29 Å². The number of hydrogen-bond acceptors (Lipinski definition) is 3. The maximum absolute atomic E-state index is 14.8. The summed E-state index contributed by atoms with van der Waals surface area (Å²) in [6, 6.07) is 19.0. The molecule has 1 atom stereocenters. The molecule has 4 rings (SSSR count). The Morgan fingerprint density at radius 3 is 2.47 bits per heavy atom. The van der Waals surface area contributed by atoms with E-state index < -0.39 is 5.92 Å². The van der Waals surface area contributed by atoms with Crippen LogP contribution in [0.5, 0.6) is 0 Å². The van der Waals surface area contributed by atoms with Gasteiger partial charge < -0.3 is 4.79 Å². The summed E-state index contributed by atoms with van der Waals surface area (Å²) in [6.07, 6.45) is 1.86. The third-order valence-corrected chi connectivity index (χ3v) is 6.48. The summed E-state index contributed by atoms with van der Waals surface area (Å²) in [5.41, 5.74) is 3.69. The number of hydroxylamine groups is 2. The largest absolute Gasteiger partial charge is 0.303 e. The molecule has 1 aliphatic rings. The summed E-state index contributed by atoms with van der Waals surface area (Å²) in [5.74, 6) is -3.39. The van der Waals surface area contributed by atoms with Crippen molar-refractivity contribution in [2.45, 2.75) is 38.0 Å². The van der Waals surface area contributed by atoms with Gasteiger partial charge in [-0.05, 0) is 41.2 Å². The fourth-order valence-electron chi connectivity index (χ4n) is 4.74. The number of rotatable bonds is 9. The Morgan fingerprint density at radius 2 is 1.74 bits per heavy atom. The molecule has 0 fully saturated rings. The first kappa shape index (κ1) is 23.8. The van der Waals surface area contributed by atoms with Crippen molar-refractivity contribution >= 4 is 12.2 Å². The number of carbonyl (C=O) groups is 2. The van der Waals surface area contributed by atoms with Crippen LogP contribution in [0.25, 0.3) is 11.1 Å². The predicted octanol–water partition coefficient (Wildman–Crippen LogP) is 5.81. The first-order chi connectivity index (χ1) is 16.4. The van der Waals surface area contributed by atoms with Crippen molar-refractivity contribution in [1.29, 1.82) is 0 Å². The van der Waals surface area contributed by atoms with Crippen molar-refractivity contribution in [1.82, 2.24) is 5.06 Å². The highest BCUT2D eigenvalue weighted by atomic mass is 19.3. The van der Waals surface area contributed by atoms with E-state index >= 15 is 0 Å². The molecule has 0 saturated carbocycles. The highest BCUT2D eigenvalue weighted by Crippen LogP contribution is 2.50. The van der Waals surface area contributed by atoms with Crippen LogP contribution in [0.2, 0.25) is 0 Å². The maximum atomic E-state index is 14.8. The molecule has 1 aliphatic carbocycles. The van der Waals surface area contributed by atoms with Crippen LogP contribution in [-0.4, -0.2) is 30.9 Å². The number of benzene rings is 3. The van der Waals surface area contributed by atoms with Crippen molar-refractivity contribution in [2.75, 3.05) is 13.7 Å². The average Bonchev–Trinajstić information content (AvgIpc) is 3.06. The first-order valence-corrected chi connectivity index (χ1v) is 11.3. The van der Waals surface area contributed by atoms with E-state index in [2.05, 4.69) is 0 Å². The van der Waals surface area contributed by atoms with Gasteiger partial charge in [0, 0.05) is 23.5 Å². The van der Waals surface area contributed by atoms with Crippen LogP contribution in [0.1, 0.15) is 46.6 Å². The second kappa shape index (κ2) is 9.85. The topological polar surface area (TPSA) is 46.6 Å². The van der Waals surface area contributed by atoms with E-state index in [-0.39, 0.29) is 29.4 Å². The molecule has 0 aromatic heterocycles. The summed E-state index contributed by atoms with van der Waals surface area (Å²) in [7, 11) is 1.44. The van der Waals surface area contributed by atoms with Gasteiger partial charge in [-0.1, -0.05) is 66.7 Å². The Kier molecular flexibility index (Phi) is 6.89. The normalized spacial score (nSPS) is 14.2. The van der Waals surface area contributed by atoms with E-state index in [4.69, 9.17) is 4.84 Å². The molecule has 176 valence electrons. The molecule has 0 spiro atoms. The van der Waals surface area contributed by atoms with Crippen LogP contribution >= 0.6 is 0 Å². The SMILES string of the molecule is CON(CC(CCC=O)c1ccccc1C)C(=O)Cc1ccc2c(c1)-c1ccccc1C2(F)F. The minimum atomic E-state index is -3.05. The molecule has 34 heavy (non-hydrogen) atoms. The Balaban J connectivity index is 1.55. The molecule has 4 nitrogen and oxygen atoms in total. The van der Waals surface area contributed by atoms with Gasteiger partial charge in [0.05, 0.1) is 20.1 Å². The molecule has 3 aromatic rings. The molecule has 0 N–H and O–H groups in total. The molecular formula is C28H27F2NO3. The zero-order chi connectivity index (χ0) is 24.3. The third-order valence-electron chi connectivity index (χ3n) is 6.48. The van der Waals surface area contributed by atoms with Gasteiger partial charge in [0.15, 0.2) is 0 Å². The van der Waals surface area contributed by atoms with Crippen LogP contribution in [0, 0.1) is 6.92 Å². The Labute approximate surface area is 198 Å². The molecular weight excluding hydrogens is 436 g/mol. The lowest BCUT2D eigenvalue weighted by Crippen LogP contribution is -2.35. The lowest BCUT2D eigenvalue weighted by Gasteiger charge is -2.26. The number of amides is 1. The average molecular weight is 464 g/mol. The number of alkyl halides is 2. The quantitative estimate of drug-likeness (QED) is 0.297. The molecule has 0 radical (unpaired) electrons. The molecule has 0 heterocycles. The Bertz CT molecular complexity index is 1210. The van der Waals surface area contributed by atoms with Crippen molar-refractivity contribution in [3.63, 3.8) is 0 Å². The van der Waals surface area contributed by atoms with Gasteiger partial charge in [0.25, 0.3) is 11.8 Å². The minimum Gasteiger partial charge on any atom is -0.303 e. The lowest BCUT2D eigenvalue weighted by molar-refractivity contribution is -0.176. The van der Waals surface area contributed by atoms with Gasteiger partial charge in [-0.15, -0.1) is 0 Å². The third kappa shape index (κ3) is 4.50. The Hall–Kier alpha value is -3.38. The zero-order valence-electron chi connectivity index (χ0n) is 19.3. The summed E-state index contributed by atoms with van der Waals surface area (Å²) < 4.78 is 29.7. The van der Waals surface area contributed by atoms with Crippen LogP contribution in [0.15, 0.2) is 66.7 Å². The molecule has 0 bridgehead atoms. The van der Waals surface area contributed by atoms with Crippen molar-refractivity contribution in [3.05, 3.63) is 94.5 Å². The summed E-state index contributed by atoms with van der Waals surface area (Å²) in [4.78, 5) is 29.6. The van der Waals surface area contributed by atoms with E-state index in [1.54, 1.807) is 30.3 Å². The van der Waals surface area contributed by atoms with Crippen molar-refractivity contribution < 1.29 is 23.2 Å². The highest BCUT2D eigenvalue weighted by molar-refractivity contribution is 5.82. The first-order valence-electron chi connectivity index (χ1n) is 11.3. The highest BCUT2D eigenvalue weighted by Gasteiger charge is 2.44. The van der Waals surface area contributed by atoms with E-state index in [1.165, 1.54) is 24.3 Å². The van der Waals surface area contributed by atoms with E-state index in [0.29, 0.717) is 36.1 Å². The van der Waals surface area contributed by atoms with E-state index in [1.807, 2.05) is 31.2 Å². The van der Waals surface area contributed by atoms with Crippen LogP contribution in [0.3, 0.4) is 0 Å². The van der Waals surface area contributed by atoms with E-state index in [9.17, 15) is 18.4 Å². The maximum Gasteiger partial charge on any atom is 0.299 e. The number of carbonyl (C=O) groups excluding carboxylic acids is 2. The van der Waals surface area contributed by atoms with Crippen molar-refractivity contribution in [2.24, 2.45) is 0 Å². The number of aldehydes is 1. The number of aryl methyl sites for hydroxylation is 1. The monoisotopic (exact) mass is 463 g/mol. The molecule has 1 unspecified atom stereocenters.